The summed E-state index contributed by atoms with van der Waals surface area (Å²) in [6, 6.07) is 19.8. The van der Waals surface area contributed by atoms with Gasteiger partial charge in [-0.15, -0.1) is 10.2 Å². The quantitative estimate of drug-likeness (QED) is 0.332. The number of aromatic amines is 1. The molecule has 2 N–H and O–H groups in total. The zero-order valence-electron chi connectivity index (χ0n) is 19.2. The number of aromatic hydroxyl groups is 1. The summed E-state index contributed by atoms with van der Waals surface area (Å²) in [4.78, 5) is 15.6. The third kappa shape index (κ3) is 5.17. The van der Waals surface area contributed by atoms with Crippen molar-refractivity contribution in [2.45, 2.75) is 18.7 Å². The summed E-state index contributed by atoms with van der Waals surface area (Å²) in [7, 11) is -4.09. The summed E-state index contributed by atoms with van der Waals surface area (Å²) in [5.74, 6) is -0.470. The first-order chi connectivity index (χ1) is 16.8. The van der Waals surface area contributed by atoms with Crippen molar-refractivity contribution < 1.29 is 23.1 Å². The molecule has 0 atom stereocenters. The van der Waals surface area contributed by atoms with Gasteiger partial charge in [-0.1, -0.05) is 35.9 Å². The predicted molar refractivity (Wildman–Crippen MR) is 133 cm³/mol. The number of nitrogens with one attached hydrogen (secondary N) is 1. The van der Waals surface area contributed by atoms with Crippen molar-refractivity contribution >= 4 is 38.2 Å². The average molecular weight is 493 g/mol. The number of carbonyl (C=O) groups excluding carboxylic acids is 1. The molecular formula is C25H24N4O5S. The predicted octanol–water partition coefficient (Wildman–Crippen LogP) is 5.09. The Hall–Kier alpha value is -4.18. The van der Waals surface area contributed by atoms with E-state index in [1.807, 2.05) is 13.8 Å². The molecule has 0 bridgehead atoms. The number of amides is 1. The topological polar surface area (TPSA) is 124 Å². The number of sulfonamides is 1. The SMILES string of the molecule is CCOc1ccc(N(CC(=O)N=Nc2c(O)[nH]c3ccccc23)S(=O)(=O)c2ccc(C)cc2)cc1. The molecule has 0 aliphatic carbocycles. The van der Waals surface area contributed by atoms with Crippen LogP contribution in [0.15, 0.2) is 87.9 Å². The van der Waals surface area contributed by atoms with Crippen LogP contribution >= 0.6 is 0 Å². The number of carbonyl (C=O) groups is 1. The van der Waals surface area contributed by atoms with Crippen LogP contribution in [0, 0.1) is 6.92 Å². The molecule has 0 saturated heterocycles. The number of ether oxygens (including phenoxy) is 1. The van der Waals surface area contributed by atoms with E-state index in [1.165, 1.54) is 12.1 Å². The third-order valence-electron chi connectivity index (χ3n) is 5.24. The van der Waals surface area contributed by atoms with Gasteiger partial charge in [-0.25, -0.2) is 8.42 Å². The van der Waals surface area contributed by atoms with Gasteiger partial charge in [0.15, 0.2) is 5.69 Å². The lowest BCUT2D eigenvalue weighted by atomic mass is 10.2. The molecule has 4 rings (SSSR count). The third-order valence-corrected chi connectivity index (χ3v) is 7.03. The molecule has 0 spiro atoms. The fourth-order valence-electron chi connectivity index (χ4n) is 3.50. The number of fused-ring (bicyclic) bond motifs is 1. The van der Waals surface area contributed by atoms with Crippen molar-refractivity contribution in [3.8, 4) is 11.6 Å². The van der Waals surface area contributed by atoms with Crippen molar-refractivity contribution in [3.63, 3.8) is 0 Å². The lowest BCUT2D eigenvalue weighted by Gasteiger charge is -2.23. The van der Waals surface area contributed by atoms with Crippen LogP contribution in [0.1, 0.15) is 12.5 Å². The smallest absolute Gasteiger partial charge is 0.285 e. The van der Waals surface area contributed by atoms with Gasteiger partial charge in [0.25, 0.3) is 15.9 Å². The lowest BCUT2D eigenvalue weighted by molar-refractivity contribution is -0.116. The van der Waals surface area contributed by atoms with Crippen molar-refractivity contribution in [1.82, 2.24) is 4.98 Å². The molecule has 0 radical (unpaired) electrons. The van der Waals surface area contributed by atoms with Crippen LogP contribution in [0.3, 0.4) is 0 Å². The molecule has 9 nitrogen and oxygen atoms in total. The van der Waals surface area contributed by atoms with Gasteiger partial charge in [0.1, 0.15) is 12.3 Å². The van der Waals surface area contributed by atoms with Gasteiger partial charge in [-0.2, -0.15) is 0 Å². The van der Waals surface area contributed by atoms with Crippen LogP contribution in [-0.4, -0.2) is 37.6 Å². The van der Waals surface area contributed by atoms with Gasteiger partial charge in [0.2, 0.25) is 5.88 Å². The molecule has 0 fully saturated rings. The molecule has 0 unspecified atom stereocenters. The van der Waals surface area contributed by atoms with Gasteiger partial charge in [-0.05, 0) is 56.3 Å². The van der Waals surface area contributed by atoms with Gasteiger partial charge in [0, 0.05) is 5.39 Å². The Labute approximate surface area is 202 Å². The molecule has 0 saturated carbocycles. The Morgan fingerprint density at radius 1 is 1.03 bits per heavy atom. The van der Waals surface area contributed by atoms with E-state index >= 15 is 0 Å². The molecule has 180 valence electrons. The maximum atomic E-state index is 13.5. The minimum atomic E-state index is -4.09. The van der Waals surface area contributed by atoms with Crippen molar-refractivity contribution in [2.75, 3.05) is 17.5 Å². The second-order valence-corrected chi connectivity index (χ2v) is 9.58. The van der Waals surface area contributed by atoms with E-state index in [2.05, 4.69) is 15.2 Å². The van der Waals surface area contributed by atoms with Crippen molar-refractivity contribution in [3.05, 3.63) is 78.4 Å². The number of aromatic nitrogens is 1. The first-order valence-corrected chi connectivity index (χ1v) is 12.3. The number of hydrogen-bond acceptors (Lipinski definition) is 6. The fraction of sp³-hybridized carbons (Fsp3) is 0.160. The van der Waals surface area contributed by atoms with Crippen molar-refractivity contribution in [2.24, 2.45) is 10.2 Å². The van der Waals surface area contributed by atoms with Crippen LogP contribution in [0.2, 0.25) is 0 Å². The van der Waals surface area contributed by atoms with E-state index < -0.39 is 22.5 Å². The molecule has 0 aliphatic heterocycles. The van der Waals surface area contributed by atoms with E-state index in [9.17, 15) is 18.3 Å². The maximum absolute atomic E-state index is 13.5. The van der Waals surface area contributed by atoms with Gasteiger partial charge < -0.3 is 14.8 Å². The normalized spacial score (nSPS) is 11.7. The van der Waals surface area contributed by atoms with Gasteiger partial charge in [0.05, 0.1) is 22.7 Å². The monoisotopic (exact) mass is 492 g/mol. The molecule has 35 heavy (non-hydrogen) atoms. The van der Waals surface area contributed by atoms with Crippen LogP contribution in [-0.2, 0) is 14.8 Å². The number of para-hydroxylation sites is 1. The Bertz CT molecular complexity index is 1480. The Morgan fingerprint density at radius 2 is 1.71 bits per heavy atom. The molecule has 1 heterocycles. The minimum absolute atomic E-state index is 0.0380. The van der Waals surface area contributed by atoms with E-state index in [-0.39, 0.29) is 22.2 Å². The van der Waals surface area contributed by atoms with E-state index in [1.54, 1.807) is 60.7 Å². The largest absolute Gasteiger partial charge is 0.494 e. The highest BCUT2D eigenvalue weighted by molar-refractivity contribution is 7.92. The highest BCUT2D eigenvalue weighted by Crippen LogP contribution is 2.35. The standard InChI is InChI=1S/C25H24N4O5S/c1-3-34-19-12-10-18(11-13-19)29(35(32,33)20-14-8-17(2)9-15-20)16-23(30)27-28-24-21-6-4-5-7-22(21)26-25(24)31/h4-15,26,31H,3,16H2,1-2H3. The van der Waals surface area contributed by atoms with Gasteiger partial charge >= 0.3 is 0 Å². The Balaban J connectivity index is 1.66. The summed E-state index contributed by atoms with van der Waals surface area (Å²) >= 11 is 0. The molecule has 0 aliphatic rings. The highest BCUT2D eigenvalue weighted by atomic mass is 32.2. The summed E-state index contributed by atoms with van der Waals surface area (Å²) in [5, 5.41) is 18.3. The average Bonchev–Trinajstić information content (AvgIpc) is 3.17. The summed E-state index contributed by atoms with van der Waals surface area (Å²) in [6.07, 6.45) is 0. The van der Waals surface area contributed by atoms with E-state index in [0.717, 1.165) is 9.87 Å². The first-order valence-electron chi connectivity index (χ1n) is 10.9. The number of nitrogens with zero attached hydrogens (tertiary/aromatic N) is 3. The second kappa shape index (κ2) is 9.98. The van der Waals surface area contributed by atoms with Crippen LogP contribution in [0.5, 0.6) is 11.6 Å². The zero-order chi connectivity index (χ0) is 25.0. The zero-order valence-corrected chi connectivity index (χ0v) is 20.0. The molecule has 10 heteroatoms. The summed E-state index contributed by atoms with van der Waals surface area (Å²) < 4.78 is 33.4. The number of anilines is 1. The molecule has 1 aromatic heterocycles. The molecular weight excluding hydrogens is 468 g/mol. The van der Waals surface area contributed by atoms with Crippen LogP contribution in [0.4, 0.5) is 11.4 Å². The van der Waals surface area contributed by atoms with Gasteiger partial charge in [-0.3, -0.25) is 9.10 Å². The van der Waals surface area contributed by atoms with Crippen LogP contribution in [0.25, 0.3) is 10.9 Å². The number of azo groups is 1. The number of benzene rings is 3. The Morgan fingerprint density at radius 3 is 2.40 bits per heavy atom. The lowest BCUT2D eigenvalue weighted by Crippen LogP contribution is -2.35. The van der Waals surface area contributed by atoms with Crippen LogP contribution < -0.4 is 9.04 Å². The maximum Gasteiger partial charge on any atom is 0.285 e. The summed E-state index contributed by atoms with van der Waals surface area (Å²) in [6.45, 7) is 3.57. The number of hydrogen-bond donors (Lipinski definition) is 2. The highest BCUT2D eigenvalue weighted by Gasteiger charge is 2.27. The second-order valence-electron chi connectivity index (χ2n) is 7.71. The van der Waals surface area contributed by atoms with E-state index in [4.69, 9.17) is 4.74 Å². The number of H-pyrrole nitrogens is 1. The summed E-state index contributed by atoms with van der Waals surface area (Å²) in [5.41, 5.74) is 1.90. The minimum Gasteiger partial charge on any atom is -0.494 e. The molecule has 3 aromatic carbocycles. The first kappa shape index (κ1) is 24.0. The fourth-order valence-corrected chi connectivity index (χ4v) is 4.92. The van der Waals surface area contributed by atoms with Crippen molar-refractivity contribution in [1.29, 1.82) is 0 Å². The molecule has 4 aromatic rings. The number of aryl methyl sites for hydroxylation is 1. The Kier molecular flexibility index (Phi) is 6.83. The number of rotatable bonds is 8. The van der Waals surface area contributed by atoms with E-state index in [0.29, 0.717) is 23.3 Å². The molecule has 1 amide bonds.